The van der Waals surface area contributed by atoms with E-state index in [1.54, 1.807) is 24.3 Å². The number of fused-ring (bicyclic) bond motifs is 1. The van der Waals surface area contributed by atoms with E-state index in [-0.39, 0.29) is 11.3 Å². The predicted molar refractivity (Wildman–Crippen MR) is 95.6 cm³/mol. The molecule has 0 spiro atoms. The molecule has 0 saturated carbocycles. The Hall–Kier alpha value is -2.88. The van der Waals surface area contributed by atoms with Crippen LogP contribution < -0.4 is 10.9 Å². The molecule has 0 radical (unpaired) electrons. The van der Waals surface area contributed by atoms with Crippen molar-refractivity contribution in [3.63, 3.8) is 0 Å². The molecule has 4 nitrogen and oxygen atoms in total. The molecule has 3 rings (SSSR count). The Morgan fingerprint density at radius 3 is 2.33 bits per heavy atom. The summed E-state index contributed by atoms with van der Waals surface area (Å²) >= 11 is 0. The van der Waals surface area contributed by atoms with Crippen molar-refractivity contribution in [3.8, 4) is 0 Å². The van der Waals surface area contributed by atoms with E-state index >= 15 is 0 Å². The average molecular weight is 321 g/mol. The third kappa shape index (κ3) is 3.38. The minimum absolute atomic E-state index is 0.0528. The molecule has 0 fully saturated rings. The fraction of sp³-hybridized carbons (Fsp3) is 0.200. The van der Waals surface area contributed by atoms with Gasteiger partial charge in [-0.2, -0.15) is 0 Å². The topological polar surface area (TPSA) is 59.3 Å². The lowest BCUT2D eigenvalue weighted by molar-refractivity contribution is 0.102. The summed E-state index contributed by atoms with van der Waals surface area (Å²) in [6.07, 6.45) is 0. The summed E-state index contributed by atoms with van der Waals surface area (Å²) in [5.74, 6) is -0.174. The van der Waals surface area contributed by atoms with Gasteiger partial charge in [0.25, 0.3) is 5.91 Å². The van der Waals surface area contributed by atoms with Crippen molar-refractivity contribution in [1.82, 2.24) is 0 Å². The quantitative estimate of drug-likeness (QED) is 0.714. The standard InChI is InChI=1S/C20H19NO3/c1-20(2,3)15-7-4-13(5-8-15)19(23)21-16-9-10-17-14(12-16)6-11-18(22)24-17/h4-12H,1-3H3,(H,21,23). The van der Waals surface area contributed by atoms with Gasteiger partial charge in [0.05, 0.1) is 0 Å². The van der Waals surface area contributed by atoms with Crippen LogP contribution in [-0.4, -0.2) is 5.91 Å². The first kappa shape index (κ1) is 16.0. The van der Waals surface area contributed by atoms with Crippen LogP contribution in [0.25, 0.3) is 11.0 Å². The zero-order chi connectivity index (χ0) is 17.3. The van der Waals surface area contributed by atoms with E-state index in [1.165, 1.54) is 11.6 Å². The largest absolute Gasteiger partial charge is 0.423 e. The van der Waals surface area contributed by atoms with Gasteiger partial charge in [-0.1, -0.05) is 32.9 Å². The summed E-state index contributed by atoms with van der Waals surface area (Å²) in [5, 5.41) is 3.62. The number of rotatable bonds is 2. The van der Waals surface area contributed by atoms with Crippen LogP contribution in [-0.2, 0) is 5.41 Å². The van der Waals surface area contributed by atoms with Gasteiger partial charge in [-0.3, -0.25) is 4.79 Å². The van der Waals surface area contributed by atoms with Gasteiger partial charge in [0.15, 0.2) is 0 Å². The normalized spacial score (nSPS) is 11.5. The summed E-state index contributed by atoms with van der Waals surface area (Å²) in [4.78, 5) is 23.6. The molecule has 24 heavy (non-hydrogen) atoms. The van der Waals surface area contributed by atoms with Crippen molar-refractivity contribution >= 4 is 22.6 Å². The van der Waals surface area contributed by atoms with Crippen LogP contribution in [0.4, 0.5) is 5.69 Å². The van der Waals surface area contributed by atoms with E-state index in [9.17, 15) is 9.59 Å². The Bertz CT molecular complexity index is 947. The van der Waals surface area contributed by atoms with Crippen molar-refractivity contribution in [3.05, 3.63) is 76.1 Å². The summed E-state index contributed by atoms with van der Waals surface area (Å²) in [6, 6.07) is 15.8. The Labute approximate surface area is 140 Å². The summed E-state index contributed by atoms with van der Waals surface area (Å²) in [5.41, 5.74) is 2.59. The van der Waals surface area contributed by atoms with Crippen molar-refractivity contribution in [2.24, 2.45) is 0 Å². The lowest BCUT2D eigenvalue weighted by Crippen LogP contribution is -2.14. The number of carbonyl (C=O) groups excluding carboxylic acids is 1. The molecule has 1 amide bonds. The molecular weight excluding hydrogens is 302 g/mol. The molecule has 2 aromatic carbocycles. The SMILES string of the molecule is CC(C)(C)c1ccc(C(=O)Nc2ccc3oc(=O)ccc3c2)cc1. The second-order valence-corrected chi connectivity index (χ2v) is 6.79. The van der Waals surface area contributed by atoms with Crippen LogP contribution in [0.1, 0.15) is 36.7 Å². The maximum atomic E-state index is 12.4. The first-order valence-electron chi connectivity index (χ1n) is 7.79. The second-order valence-electron chi connectivity index (χ2n) is 6.79. The number of nitrogens with one attached hydrogen (secondary N) is 1. The molecule has 0 aliphatic carbocycles. The van der Waals surface area contributed by atoms with Crippen molar-refractivity contribution in [1.29, 1.82) is 0 Å². The van der Waals surface area contributed by atoms with E-state index in [1.807, 2.05) is 24.3 Å². The monoisotopic (exact) mass is 321 g/mol. The van der Waals surface area contributed by atoms with Gasteiger partial charge in [0.2, 0.25) is 0 Å². The van der Waals surface area contributed by atoms with E-state index < -0.39 is 5.63 Å². The molecule has 1 N–H and O–H groups in total. The Balaban J connectivity index is 1.81. The number of carbonyl (C=O) groups is 1. The molecule has 0 aliphatic heterocycles. The summed E-state index contributed by atoms with van der Waals surface area (Å²) in [6.45, 7) is 6.40. The van der Waals surface area contributed by atoms with Gasteiger partial charge in [-0.15, -0.1) is 0 Å². The van der Waals surface area contributed by atoms with Gasteiger partial charge >= 0.3 is 5.63 Å². The molecule has 0 aliphatic rings. The fourth-order valence-electron chi connectivity index (χ4n) is 2.47. The van der Waals surface area contributed by atoms with Gasteiger partial charge < -0.3 is 9.73 Å². The van der Waals surface area contributed by atoms with Gasteiger partial charge in [-0.05, 0) is 47.4 Å². The Kier molecular flexibility index (Phi) is 3.97. The number of anilines is 1. The fourth-order valence-corrected chi connectivity index (χ4v) is 2.47. The molecule has 3 aromatic rings. The highest BCUT2D eigenvalue weighted by Gasteiger charge is 2.14. The van der Waals surface area contributed by atoms with Crippen molar-refractivity contribution in [2.45, 2.75) is 26.2 Å². The maximum absolute atomic E-state index is 12.4. The minimum Gasteiger partial charge on any atom is -0.423 e. The molecule has 1 aromatic heterocycles. The molecular formula is C20H19NO3. The van der Waals surface area contributed by atoms with E-state index in [2.05, 4.69) is 26.1 Å². The highest BCUT2D eigenvalue weighted by atomic mass is 16.4. The second kappa shape index (κ2) is 5.96. The van der Waals surface area contributed by atoms with Crippen LogP contribution in [0.2, 0.25) is 0 Å². The molecule has 0 saturated heterocycles. The Morgan fingerprint density at radius 2 is 1.67 bits per heavy atom. The highest BCUT2D eigenvalue weighted by molar-refractivity contribution is 6.05. The van der Waals surface area contributed by atoms with E-state index in [4.69, 9.17) is 4.42 Å². The average Bonchev–Trinajstić information content (AvgIpc) is 2.54. The number of hydrogen-bond acceptors (Lipinski definition) is 3. The lowest BCUT2D eigenvalue weighted by atomic mass is 9.87. The molecule has 4 heteroatoms. The number of amides is 1. The van der Waals surface area contributed by atoms with Gasteiger partial charge in [-0.25, -0.2) is 4.79 Å². The van der Waals surface area contributed by atoms with Crippen molar-refractivity contribution in [2.75, 3.05) is 5.32 Å². The third-order valence-corrected chi connectivity index (χ3v) is 3.89. The zero-order valence-electron chi connectivity index (χ0n) is 13.9. The van der Waals surface area contributed by atoms with Crippen LogP contribution in [0, 0.1) is 0 Å². The van der Waals surface area contributed by atoms with Crippen molar-refractivity contribution < 1.29 is 9.21 Å². The lowest BCUT2D eigenvalue weighted by Gasteiger charge is -2.19. The summed E-state index contributed by atoms with van der Waals surface area (Å²) < 4.78 is 5.08. The first-order chi connectivity index (χ1) is 11.3. The molecule has 122 valence electrons. The predicted octanol–water partition coefficient (Wildman–Crippen LogP) is 4.34. The van der Waals surface area contributed by atoms with Gasteiger partial charge in [0.1, 0.15) is 5.58 Å². The van der Waals surface area contributed by atoms with Crippen LogP contribution in [0.3, 0.4) is 0 Å². The molecule has 1 heterocycles. The van der Waals surface area contributed by atoms with Crippen LogP contribution in [0.15, 0.2) is 63.8 Å². The zero-order valence-corrected chi connectivity index (χ0v) is 13.9. The maximum Gasteiger partial charge on any atom is 0.336 e. The molecule has 0 atom stereocenters. The highest BCUT2D eigenvalue weighted by Crippen LogP contribution is 2.23. The third-order valence-electron chi connectivity index (χ3n) is 3.89. The molecule has 0 bridgehead atoms. The number of hydrogen-bond donors (Lipinski definition) is 1. The molecule has 0 unspecified atom stereocenters. The van der Waals surface area contributed by atoms with Crippen LogP contribution >= 0.6 is 0 Å². The Morgan fingerprint density at radius 1 is 0.958 bits per heavy atom. The van der Waals surface area contributed by atoms with E-state index in [0.29, 0.717) is 16.8 Å². The first-order valence-corrected chi connectivity index (χ1v) is 7.79. The van der Waals surface area contributed by atoms with Crippen LogP contribution in [0.5, 0.6) is 0 Å². The number of benzene rings is 2. The van der Waals surface area contributed by atoms with Gasteiger partial charge in [0, 0.05) is 22.7 Å². The van der Waals surface area contributed by atoms with E-state index in [0.717, 1.165) is 5.39 Å². The minimum atomic E-state index is -0.391. The summed E-state index contributed by atoms with van der Waals surface area (Å²) in [7, 11) is 0. The smallest absolute Gasteiger partial charge is 0.336 e.